The maximum Gasteiger partial charge on any atom is 0.260 e. The van der Waals surface area contributed by atoms with E-state index in [2.05, 4.69) is 22.3 Å². The topological polar surface area (TPSA) is 95.0 Å². The summed E-state index contributed by atoms with van der Waals surface area (Å²) in [6.45, 7) is 6.57. The Morgan fingerprint density at radius 3 is 2.85 bits per heavy atom. The Balaban J connectivity index is 1.38. The molecule has 2 aliphatic heterocycles. The molecule has 9 nitrogen and oxygen atoms in total. The number of hydrogen-bond donors (Lipinski definition) is 1. The number of pyridine rings is 1. The second kappa shape index (κ2) is 6.74. The lowest BCUT2D eigenvalue weighted by molar-refractivity contribution is 0.0154. The lowest BCUT2D eigenvalue weighted by Gasteiger charge is -2.41. The minimum Gasteiger partial charge on any atom is -0.472 e. The van der Waals surface area contributed by atoms with E-state index in [-0.39, 0.29) is 34.0 Å². The molecule has 1 amide bonds. The number of nitrogens with one attached hydrogen (secondary N) is 1. The van der Waals surface area contributed by atoms with E-state index in [9.17, 15) is 9.18 Å². The Bertz CT molecular complexity index is 1420. The van der Waals surface area contributed by atoms with E-state index in [4.69, 9.17) is 14.5 Å². The fraction of sp³-hybridized carbons (Fsp3) is 0.391. The number of imidazole rings is 1. The first-order chi connectivity index (χ1) is 15.8. The van der Waals surface area contributed by atoms with Crippen molar-refractivity contribution < 1.29 is 18.7 Å². The van der Waals surface area contributed by atoms with E-state index in [1.807, 2.05) is 24.4 Å². The van der Waals surface area contributed by atoms with Gasteiger partial charge in [-0.3, -0.25) is 9.20 Å². The smallest absolute Gasteiger partial charge is 0.260 e. The molecule has 0 radical (unpaired) electrons. The molecule has 1 N–H and O–H groups in total. The van der Waals surface area contributed by atoms with Crippen molar-refractivity contribution in [3.8, 4) is 5.88 Å². The zero-order chi connectivity index (χ0) is 23.0. The highest BCUT2D eigenvalue weighted by Crippen LogP contribution is 2.58. The third-order valence-corrected chi connectivity index (χ3v) is 6.40. The molecule has 1 saturated carbocycles. The van der Waals surface area contributed by atoms with Gasteiger partial charge in [0.25, 0.3) is 11.8 Å². The van der Waals surface area contributed by atoms with E-state index in [0.717, 1.165) is 18.5 Å². The molecule has 0 atom stereocenters. The van der Waals surface area contributed by atoms with Gasteiger partial charge in [-0.15, -0.1) is 0 Å². The van der Waals surface area contributed by atoms with Crippen molar-refractivity contribution in [2.45, 2.75) is 50.7 Å². The van der Waals surface area contributed by atoms with Crippen LogP contribution in [0.5, 0.6) is 5.88 Å². The van der Waals surface area contributed by atoms with Crippen LogP contribution >= 0.6 is 0 Å². The minimum atomic E-state index is -0.530. The Morgan fingerprint density at radius 1 is 1.30 bits per heavy atom. The highest BCUT2D eigenvalue weighted by Gasteiger charge is 2.61. The highest BCUT2D eigenvalue weighted by molar-refractivity contribution is 6.08. The van der Waals surface area contributed by atoms with E-state index in [1.165, 1.54) is 22.8 Å². The highest BCUT2D eigenvalue weighted by atomic mass is 19.1. The molecule has 0 unspecified atom stereocenters. The van der Waals surface area contributed by atoms with Crippen molar-refractivity contribution in [2.75, 3.05) is 11.9 Å². The molecule has 3 aliphatic rings. The van der Waals surface area contributed by atoms with Gasteiger partial charge in [-0.2, -0.15) is 10.1 Å². The van der Waals surface area contributed by atoms with Crippen molar-refractivity contribution in [3.05, 3.63) is 54.0 Å². The van der Waals surface area contributed by atoms with Crippen molar-refractivity contribution in [2.24, 2.45) is 0 Å². The molecule has 2 saturated heterocycles. The van der Waals surface area contributed by atoms with Crippen molar-refractivity contribution >= 4 is 22.9 Å². The summed E-state index contributed by atoms with van der Waals surface area (Å²) >= 11 is 0. The van der Waals surface area contributed by atoms with Crippen LogP contribution in [0.4, 0.5) is 10.2 Å². The fourth-order valence-corrected chi connectivity index (χ4v) is 5.09. The zero-order valence-corrected chi connectivity index (χ0v) is 18.5. The van der Waals surface area contributed by atoms with Crippen LogP contribution in [0, 0.1) is 5.82 Å². The van der Waals surface area contributed by atoms with Crippen LogP contribution in [-0.2, 0) is 10.2 Å². The molecular weight excluding hydrogens is 427 g/mol. The number of carbonyl (C=O) groups is 1. The Labute approximate surface area is 188 Å². The molecule has 0 spiro atoms. The number of nitrogens with zero attached hydrogens (tertiary/aromatic N) is 5. The molecule has 4 aromatic heterocycles. The van der Waals surface area contributed by atoms with Crippen molar-refractivity contribution in [1.29, 1.82) is 0 Å². The van der Waals surface area contributed by atoms with Gasteiger partial charge in [0, 0.05) is 17.8 Å². The second-order valence-electron chi connectivity index (χ2n) is 9.49. The summed E-state index contributed by atoms with van der Waals surface area (Å²) in [5, 5.41) is 6.81. The summed E-state index contributed by atoms with van der Waals surface area (Å²) in [4.78, 5) is 22.3. The average molecular weight is 450 g/mol. The van der Waals surface area contributed by atoms with Crippen LogP contribution < -0.4 is 10.1 Å². The lowest BCUT2D eigenvalue weighted by Crippen LogP contribution is -2.45. The fourth-order valence-electron chi connectivity index (χ4n) is 5.09. The van der Waals surface area contributed by atoms with Crippen LogP contribution in [-0.4, -0.2) is 48.2 Å². The Morgan fingerprint density at radius 2 is 2.12 bits per heavy atom. The molecule has 3 fully saturated rings. The maximum atomic E-state index is 14.3. The first kappa shape index (κ1) is 20.1. The van der Waals surface area contributed by atoms with Crippen LogP contribution in [0.1, 0.15) is 49.7 Å². The van der Waals surface area contributed by atoms with Crippen molar-refractivity contribution in [3.63, 3.8) is 0 Å². The summed E-state index contributed by atoms with van der Waals surface area (Å²) in [5.41, 5.74) is 1.58. The van der Waals surface area contributed by atoms with Gasteiger partial charge in [0.2, 0.25) is 5.65 Å². The SMILES string of the molecule is CC(C)Oc1nc(NC(=O)c2cnn3cccc(F)c23)cn2cc(C34COC(C)(C3)C4)nc12. The third-order valence-electron chi connectivity index (χ3n) is 6.40. The molecule has 7 rings (SSSR count). The van der Waals surface area contributed by atoms with Crippen LogP contribution in [0.2, 0.25) is 0 Å². The molecular formula is C23H23FN6O3. The van der Waals surface area contributed by atoms with Gasteiger partial charge in [0.05, 0.1) is 42.0 Å². The summed E-state index contributed by atoms with van der Waals surface area (Å²) in [6.07, 6.45) is 8.27. The first-order valence-electron chi connectivity index (χ1n) is 10.9. The lowest BCUT2D eigenvalue weighted by atomic mass is 9.62. The van der Waals surface area contributed by atoms with Crippen LogP contribution in [0.3, 0.4) is 0 Å². The number of amides is 1. The number of halogens is 1. The van der Waals surface area contributed by atoms with Crippen molar-refractivity contribution in [1.82, 2.24) is 24.0 Å². The third kappa shape index (κ3) is 3.08. The number of ether oxygens (including phenoxy) is 2. The first-order valence-corrected chi connectivity index (χ1v) is 10.9. The summed E-state index contributed by atoms with van der Waals surface area (Å²) < 4.78 is 29.3. The Kier molecular flexibility index (Phi) is 4.10. The summed E-state index contributed by atoms with van der Waals surface area (Å²) in [5.74, 6) is -0.466. The van der Waals surface area contributed by atoms with Gasteiger partial charge in [-0.25, -0.2) is 13.9 Å². The molecule has 170 valence electrons. The molecule has 1 aliphatic carbocycles. The number of rotatable bonds is 5. The summed E-state index contributed by atoms with van der Waals surface area (Å²) in [6, 6.07) is 2.82. The van der Waals surface area contributed by atoms with Crippen LogP contribution in [0.15, 0.2) is 36.9 Å². The number of anilines is 1. The van der Waals surface area contributed by atoms with E-state index < -0.39 is 11.7 Å². The van der Waals surface area contributed by atoms with Gasteiger partial charge in [0.1, 0.15) is 11.3 Å². The molecule has 4 aromatic rings. The molecule has 10 heteroatoms. The largest absolute Gasteiger partial charge is 0.472 e. The van der Waals surface area contributed by atoms with Gasteiger partial charge >= 0.3 is 0 Å². The van der Waals surface area contributed by atoms with E-state index in [0.29, 0.717) is 18.1 Å². The molecule has 33 heavy (non-hydrogen) atoms. The molecule has 6 heterocycles. The van der Waals surface area contributed by atoms with E-state index >= 15 is 0 Å². The zero-order valence-electron chi connectivity index (χ0n) is 18.5. The standard InChI is InChI=1S/C23H23FN6O3/c1-13(2)33-21-19-26-16(23-10-22(3,11-23)32-12-23)8-29(19)9-17(28-21)27-20(31)14-7-25-30-6-4-5-15(24)18(14)30/h4-9,13H,10-12H2,1-3H3,(H,27,31). The molecule has 0 aromatic carbocycles. The number of aromatic nitrogens is 5. The van der Waals surface area contributed by atoms with Gasteiger partial charge < -0.3 is 14.8 Å². The van der Waals surface area contributed by atoms with E-state index in [1.54, 1.807) is 12.4 Å². The monoisotopic (exact) mass is 450 g/mol. The summed E-state index contributed by atoms with van der Waals surface area (Å²) in [7, 11) is 0. The number of hydrogen-bond acceptors (Lipinski definition) is 6. The Hall–Kier alpha value is -3.53. The minimum absolute atomic E-state index is 0.0614. The second-order valence-corrected chi connectivity index (χ2v) is 9.49. The number of fused-ring (bicyclic) bond motifs is 3. The maximum absolute atomic E-state index is 14.3. The van der Waals surface area contributed by atoms with Crippen LogP contribution in [0.25, 0.3) is 11.2 Å². The van der Waals surface area contributed by atoms with Gasteiger partial charge in [-0.1, -0.05) is 0 Å². The number of carbonyl (C=O) groups excluding carboxylic acids is 1. The predicted octanol–water partition coefficient (Wildman–Crippen LogP) is 3.38. The molecule has 2 bridgehead atoms. The quantitative estimate of drug-likeness (QED) is 0.501. The van der Waals surface area contributed by atoms with Gasteiger partial charge in [0.15, 0.2) is 5.82 Å². The average Bonchev–Trinajstić information content (AvgIpc) is 3.48. The predicted molar refractivity (Wildman–Crippen MR) is 117 cm³/mol. The normalized spacial score (nSPS) is 23.9. The van der Waals surface area contributed by atoms with Gasteiger partial charge in [-0.05, 0) is 45.7 Å².